The van der Waals surface area contributed by atoms with Crippen LogP contribution in [-0.2, 0) is 6.18 Å². The zero-order valence-electron chi connectivity index (χ0n) is 17.2. The first-order valence-corrected chi connectivity index (χ1v) is 10.3. The van der Waals surface area contributed by atoms with Crippen LogP contribution in [0.3, 0.4) is 0 Å². The van der Waals surface area contributed by atoms with Gasteiger partial charge < -0.3 is 20.4 Å². The number of likely N-dealkylation sites (N-methyl/N-ethyl adjacent to an activating group) is 1. The second-order valence-electron chi connectivity index (χ2n) is 7.41. The summed E-state index contributed by atoms with van der Waals surface area (Å²) in [5.74, 6) is 1.08. The van der Waals surface area contributed by atoms with E-state index in [1.54, 1.807) is 6.20 Å². The molecule has 3 heterocycles. The van der Waals surface area contributed by atoms with E-state index in [4.69, 9.17) is 11.6 Å². The molecular weight excluding hydrogens is 443 g/mol. The number of alkyl halides is 3. The molecule has 1 aliphatic rings. The van der Waals surface area contributed by atoms with E-state index in [1.807, 2.05) is 12.1 Å². The van der Waals surface area contributed by atoms with E-state index in [9.17, 15) is 13.2 Å². The summed E-state index contributed by atoms with van der Waals surface area (Å²) < 4.78 is 38.2. The molecule has 0 spiro atoms. The van der Waals surface area contributed by atoms with Crippen molar-refractivity contribution in [3.63, 3.8) is 0 Å². The summed E-state index contributed by atoms with van der Waals surface area (Å²) in [6.45, 7) is 3.91. The molecule has 0 amide bonds. The third kappa shape index (κ3) is 5.38. The van der Waals surface area contributed by atoms with Crippen LogP contribution in [0.25, 0.3) is 0 Å². The Balaban J connectivity index is 1.43. The van der Waals surface area contributed by atoms with Crippen molar-refractivity contribution in [1.82, 2.24) is 19.9 Å². The molecule has 4 rings (SSSR count). The molecule has 7 nitrogen and oxygen atoms in total. The summed E-state index contributed by atoms with van der Waals surface area (Å²) in [6, 6.07) is 8.43. The van der Waals surface area contributed by atoms with Gasteiger partial charge in [0.1, 0.15) is 10.8 Å². The third-order valence-corrected chi connectivity index (χ3v) is 5.35. The molecule has 3 aromatic rings. The molecule has 0 radical (unpaired) electrons. The first-order valence-electron chi connectivity index (χ1n) is 9.91. The molecule has 2 aromatic heterocycles. The molecule has 0 aliphatic carbocycles. The number of pyridine rings is 1. The van der Waals surface area contributed by atoms with Crippen LogP contribution >= 0.6 is 11.6 Å². The monoisotopic (exact) mass is 463 g/mol. The van der Waals surface area contributed by atoms with Crippen molar-refractivity contribution in [3.8, 4) is 0 Å². The molecule has 2 N–H and O–H groups in total. The first-order chi connectivity index (χ1) is 15.3. The number of anilines is 5. The fraction of sp³-hybridized carbons (Fsp3) is 0.286. The molecule has 11 heteroatoms. The predicted molar refractivity (Wildman–Crippen MR) is 119 cm³/mol. The largest absolute Gasteiger partial charge is 0.416 e. The quantitative estimate of drug-likeness (QED) is 0.564. The van der Waals surface area contributed by atoms with Crippen LogP contribution in [0, 0.1) is 0 Å². The molecule has 32 heavy (non-hydrogen) atoms. The lowest BCUT2D eigenvalue weighted by Gasteiger charge is -2.33. The van der Waals surface area contributed by atoms with Crippen LogP contribution in [0.4, 0.5) is 42.1 Å². The number of nitrogens with one attached hydrogen (secondary N) is 2. The maximum Gasteiger partial charge on any atom is 0.416 e. The molecule has 0 bridgehead atoms. The molecule has 1 aliphatic heterocycles. The van der Waals surface area contributed by atoms with Crippen LogP contribution in [0.15, 0.2) is 48.8 Å². The fourth-order valence-electron chi connectivity index (χ4n) is 3.22. The molecular formula is C21H21ClF3N7. The Labute approximate surface area is 188 Å². The minimum Gasteiger partial charge on any atom is -0.368 e. The average molecular weight is 464 g/mol. The summed E-state index contributed by atoms with van der Waals surface area (Å²) in [5.41, 5.74) is 0.731. The minimum atomic E-state index is -4.39. The lowest BCUT2D eigenvalue weighted by atomic mass is 10.2. The van der Waals surface area contributed by atoms with Crippen molar-refractivity contribution < 1.29 is 13.2 Å². The van der Waals surface area contributed by atoms with Gasteiger partial charge in [-0.2, -0.15) is 18.2 Å². The summed E-state index contributed by atoms with van der Waals surface area (Å²) in [6.07, 6.45) is -1.19. The number of hydrogen-bond donors (Lipinski definition) is 2. The summed E-state index contributed by atoms with van der Waals surface area (Å²) in [4.78, 5) is 17.5. The van der Waals surface area contributed by atoms with Gasteiger partial charge in [-0.05, 0) is 43.4 Å². The summed E-state index contributed by atoms with van der Waals surface area (Å²) >= 11 is 6.15. The minimum absolute atomic E-state index is 0.230. The molecule has 0 saturated carbocycles. The van der Waals surface area contributed by atoms with Gasteiger partial charge in [0.15, 0.2) is 5.82 Å². The lowest BCUT2D eigenvalue weighted by Crippen LogP contribution is -2.44. The number of hydrogen-bond acceptors (Lipinski definition) is 7. The van der Waals surface area contributed by atoms with Crippen molar-refractivity contribution in [2.24, 2.45) is 0 Å². The number of piperazine rings is 1. The topological polar surface area (TPSA) is 69.2 Å². The maximum absolute atomic E-state index is 12.7. The lowest BCUT2D eigenvalue weighted by molar-refractivity contribution is -0.137. The Bertz CT molecular complexity index is 1050. The van der Waals surface area contributed by atoms with Crippen molar-refractivity contribution in [3.05, 3.63) is 59.4 Å². The summed E-state index contributed by atoms with van der Waals surface area (Å²) in [5, 5.41) is 6.16. The Morgan fingerprint density at radius 1 is 0.906 bits per heavy atom. The molecule has 1 fully saturated rings. The smallest absolute Gasteiger partial charge is 0.368 e. The van der Waals surface area contributed by atoms with E-state index in [0.29, 0.717) is 11.5 Å². The van der Waals surface area contributed by atoms with Gasteiger partial charge in [0.25, 0.3) is 0 Å². The van der Waals surface area contributed by atoms with E-state index in [-0.39, 0.29) is 16.8 Å². The van der Waals surface area contributed by atoms with Crippen LogP contribution in [0.5, 0.6) is 0 Å². The predicted octanol–water partition coefficient (Wildman–Crippen LogP) is 4.78. The van der Waals surface area contributed by atoms with Crippen LogP contribution in [0.1, 0.15) is 5.56 Å². The van der Waals surface area contributed by atoms with Gasteiger partial charge in [0.2, 0.25) is 5.95 Å². The number of rotatable bonds is 5. The Morgan fingerprint density at radius 2 is 1.62 bits per heavy atom. The molecule has 1 aromatic carbocycles. The number of aromatic nitrogens is 3. The van der Waals surface area contributed by atoms with Crippen molar-refractivity contribution in [1.29, 1.82) is 0 Å². The standard InChI is InChI=1S/C21H21ClF3N7/c1-31-8-10-32(11-9-31)16-6-7-18(26-12-16)29-20-27-13-17(22)19(30-20)28-15-4-2-14(3-5-15)21(23,24)25/h2-7,12-13H,8-11H2,1H3,(H2,26,27,28,29,30). The Morgan fingerprint density at radius 3 is 2.25 bits per heavy atom. The van der Waals surface area contributed by atoms with Crippen LogP contribution < -0.4 is 15.5 Å². The normalized spacial score (nSPS) is 15.0. The third-order valence-electron chi connectivity index (χ3n) is 5.08. The molecule has 168 valence electrons. The Kier molecular flexibility index (Phi) is 6.33. The zero-order valence-corrected chi connectivity index (χ0v) is 18.0. The van der Waals surface area contributed by atoms with Crippen molar-refractivity contribution in [2.75, 3.05) is 48.8 Å². The van der Waals surface area contributed by atoms with Crippen LogP contribution in [0.2, 0.25) is 5.02 Å². The van der Waals surface area contributed by atoms with Gasteiger partial charge in [-0.15, -0.1) is 0 Å². The van der Waals surface area contributed by atoms with Gasteiger partial charge in [-0.3, -0.25) is 0 Å². The van der Waals surface area contributed by atoms with Gasteiger partial charge in [0, 0.05) is 31.9 Å². The van der Waals surface area contributed by atoms with E-state index < -0.39 is 11.7 Å². The van der Waals surface area contributed by atoms with Crippen molar-refractivity contribution >= 4 is 40.6 Å². The van der Waals surface area contributed by atoms with Gasteiger partial charge in [-0.1, -0.05) is 11.6 Å². The SMILES string of the molecule is CN1CCN(c2ccc(Nc3ncc(Cl)c(Nc4ccc(C(F)(F)F)cc4)n3)nc2)CC1. The number of benzene rings is 1. The summed E-state index contributed by atoms with van der Waals surface area (Å²) in [7, 11) is 2.11. The maximum atomic E-state index is 12.7. The van der Waals surface area contributed by atoms with Gasteiger partial charge in [0.05, 0.1) is 23.6 Å². The molecule has 1 saturated heterocycles. The van der Waals surface area contributed by atoms with E-state index in [0.717, 1.165) is 44.0 Å². The first kappa shape index (κ1) is 22.1. The number of halogens is 4. The number of nitrogens with zero attached hydrogens (tertiary/aromatic N) is 5. The zero-order chi connectivity index (χ0) is 22.7. The highest BCUT2D eigenvalue weighted by atomic mass is 35.5. The second kappa shape index (κ2) is 9.17. The van der Waals surface area contributed by atoms with E-state index >= 15 is 0 Å². The fourth-order valence-corrected chi connectivity index (χ4v) is 3.36. The average Bonchev–Trinajstić information content (AvgIpc) is 2.77. The van der Waals surface area contributed by atoms with Crippen LogP contribution in [-0.4, -0.2) is 53.1 Å². The van der Waals surface area contributed by atoms with Crippen molar-refractivity contribution in [2.45, 2.75) is 6.18 Å². The van der Waals surface area contributed by atoms with Gasteiger partial charge in [-0.25, -0.2) is 9.97 Å². The highest BCUT2D eigenvalue weighted by Gasteiger charge is 2.30. The highest BCUT2D eigenvalue weighted by Crippen LogP contribution is 2.31. The van der Waals surface area contributed by atoms with E-state index in [2.05, 4.69) is 42.4 Å². The van der Waals surface area contributed by atoms with Gasteiger partial charge >= 0.3 is 6.18 Å². The highest BCUT2D eigenvalue weighted by molar-refractivity contribution is 6.32. The second-order valence-corrected chi connectivity index (χ2v) is 7.81. The Hall–Kier alpha value is -3.11. The molecule has 0 unspecified atom stereocenters. The molecule has 0 atom stereocenters. The van der Waals surface area contributed by atoms with E-state index in [1.165, 1.54) is 18.3 Å².